The van der Waals surface area contributed by atoms with E-state index >= 15 is 0 Å². The van der Waals surface area contributed by atoms with Gasteiger partial charge in [0.1, 0.15) is 23.5 Å². The molecular weight excluding hydrogens is 434 g/mol. The molecule has 34 heavy (non-hydrogen) atoms. The Morgan fingerprint density at radius 3 is 2.44 bits per heavy atom. The number of aromatic nitrogens is 3. The van der Waals surface area contributed by atoms with E-state index in [2.05, 4.69) is 18.8 Å². The van der Waals surface area contributed by atoms with E-state index < -0.39 is 0 Å². The van der Waals surface area contributed by atoms with Gasteiger partial charge in [-0.1, -0.05) is 13.8 Å². The molecule has 3 aromatic rings. The van der Waals surface area contributed by atoms with Crippen LogP contribution in [-0.2, 0) is 22.9 Å². The predicted molar refractivity (Wildman–Crippen MR) is 132 cm³/mol. The summed E-state index contributed by atoms with van der Waals surface area (Å²) in [6.07, 6.45) is 4.13. The van der Waals surface area contributed by atoms with Crippen molar-refractivity contribution in [2.24, 2.45) is 23.0 Å². The van der Waals surface area contributed by atoms with Crippen LogP contribution in [0.4, 0.5) is 0 Å². The number of pyridine rings is 2. The molecule has 0 unspecified atom stereocenters. The van der Waals surface area contributed by atoms with E-state index in [0.29, 0.717) is 40.7 Å². The summed E-state index contributed by atoms with van der Waals surface area (Å²) in [7, 11) is 6.56. The lowest BCUT2D eigenvalue weighted by Crippen LogP contribution is -2.38. The second kappa shape index (κ2) is 9.32. The third kappa shape index (κ3) is 3.95. The van der Waals surface area contributed by atoms with Crippen LogP contribution in [0.5, 0.6) is 5.75 Å². The van der Waals surface area contributed by atoms with Crippen molar-refractivity contribution in [3.63, 3.8) is 0 Å². The van der Waals surface area contributed by atoms with Gasteiger partial charge in [-0.3, -0.25) is 4.79 Å². The molecule has 4 heterocycles. The minimum Gasteiger partial charge on any atom is -0.496 e. The van der Waals surface area contributed by atoms with Gasteiger partial charge in [-0.2, -0.15) is 0 Å². The van der Waals surface area contributed by atoms with Crippen LogP contribution >= 0.6 is 0 Å². The summed E-state index contributed by atoms with van der Waals surface area (Å²) in [5, 5.41) is 0. The van der Waals surface area contributed by atoms with E-state index in [1.807, 2.05) is 35.7 Å². The molecule has 1 aliphatic rings. The largest absolute Gasteiger partial charge is 0.496 e. The van der Waals surface area contributed by atoms with E-state index in [9.17, 15) is 4.79 Å². The molecular formula is C25H31N5O4. The zero-order valence-electron chi connectivity index (χ0n) is 20.7. The Labute approximate surface area is 198 Å². The van der Waals surface area contributed by atoms with E-state index in [1.54, 1.807) is 39.1 Å². The molecule has 0 radical (unpaired) electrons. The lowest BCUT2D eigenvalue weighted by atomic mass is 10.0. The number of rotatable bonds is 5. The predicted octanol–water partition coefficient (Wildman–Crippen LogP) is 3.06. The molecule has 0 spiro atoms. The first-order valence-corrected chi connectivity index (χ1v) is 11.2. The summed E-state index contributed by atoms with van der Waals surface area (Å²) in [5.74, 6) is 1.93. The quantitative estimate of drug-likeness (QED) is 0.578. The van der Waals surface area contributed by atoms with Crippen molar-refractivity contribution in [3.05, 3.63) is 52.3 Å². The standard InChI is InChI=1S/C25H31N5O4/c1-14(2)21-24(34-7)27-18(23(28-21)33-6)13-16-8-9-17(22-26-10-11-30(16)22)20-19(32-5)12-15(3)29(4)25(20)31/h8-12,14,18,21H,13H2,1-7H3/t18-,21+/m0/s1. The minimum atomic E-state index is -0.326. The molecule has 0 saturated heterocycles. The molecule has 0 aromatic carbocycles. The molecule has 9 heteroatoms. The smallest absolute Gasteiger partial charge is 0.262 e. The number of hydrogen-bond acceptors (Lipinski definition) is 7. The highest BCUT2D eigenvalue weighted by Crippen LogP contribution is 2.31. The molecule has 0 N–H and O–H groups in total. The van der Waals surface area contributed by atoms with Crippen LogP contribution in [0.1, 0.15) is 25.2 Å². The van der Waals surface area contributed by atoms with Gasteiger partial charge in [-0.15, -0.1) is 0 Å². The topological polar surface area (TPSA) is 91.7 Å². The first-order chi connectivity index (χ1) is 16.3. The monoisotopic (exact) mass is 465 g/mol. The Morgan fingerprint density at radius 1 is 1.06 bits per heavy atom. The summed E-state index contributed by atoms with van der Waals surface area (Å²) in [5.41, 5.74) is 3.49. The van der Waals surface area contributed by atoms with Crippen molar-refractivity contribution in [2.45, 2.75) is 39.3 Å². The zero-order valence-corrected chi connectivity index (χ0v) is 20.7. The second-order valence-electron chi connectivity index (χ2n) is 8.70. The Bertz CT molecular complexity index is 1340. The van der Waals surface area contributed by atoms with E-state index in [0.717, 1.165) is 11.4 Å². The summed E-state index contributed by atoms with van der Waals surface area (Å²) in [6.45, 7) is 6.03. The Morgan fingerprint density at radius 2 is 1.79 bits per heavy atom. The Balaban J connectivity index is 1.79. The number of nitrogens with zero attached hydrogens (tertiary/aromatic N) is 5. The van der Waals surface area contributed by atoms with Crippen LogP contribution in [0.15, 0.2) is 45.4 Å². The molecule has 180 valence electrons. The SMILES string of the molecule is COC1=N[C@H](C(C)C)C(OC)=N[C@H]1Cc1ccc(-c2c(OC)cc(C)n(C)c2=O)c2nccn12. The number of aryl methyl sites for hydroxylation is 1. The molecule has 9 nitrogen and oxygen atoms in total. The van der Waals surface area contributed by atoms with Crippen molar-refractivity contribution < 1.29 is 14.2 Å². The maximum absolute atomic E-state index is 13.2. The highest BCUT2D eigenvalue weighted by molar-refractivity contribution is 5.94. The van der Waals surface area contributed by atoms with Gasteiger partial charge < -0.3 is 23.2 Å². The number of ether oxygens (including phenoxy) is 3. The normalized spacial score (nSPS) is 18.1. The van der Waals surface area contributed by atoms with Crippen LogP contribution in [0.2, 0.25) is 0 Å². The van der Waals surface area contributed by atoms with E-state index in [4.69, 9.17) is 24.2 Å². The van der Waals surface area contributed by atoms with Crippen LogP contribution < -0.4 is 10.3 Å². The summed E-state index contributed by atoms with van der Waals surface area (Å²) in [4.78, 5) is 27.3. The molecule has 3 aromatic heterocycles. The highest BCUT2D eigenvalue weighted by atomic mass is 16.5. The number of aliphatic imine (C=N–C) groups is 2. The molecule has 0 bridgehead atoms. The van der Waals surface area contributed by atoms with Gasteiger partial charge in [0.15, 0.2) is 0 Å². The van der Waals surface area contributed by atoms with Crippen molar-refractivity contribution in [3.8, 4) is 16.9 Å². The van der Waals surface area contributed by atoms with E-state index in [1.165, 1.54) is 0 Å². The average Bonchev–Trinajstić information content (AvgIpc) is 3.33. The summed E-state index contributed by atoms with van der Waals surface area (Å²) >= 11 is 0. The number of methoxy groups -OCH3 is 3. The van der Waals surface area contributed by atoms with E-state index in [-0.39, 0.29) is 23.6 Å². The molecule has 2 atom stereocenters. The van der Waals surface area contributed by atoms with Crippen molar-refractivity contribution >= 4 is 17.4 Å². The summed E-state index contributed by atoms with van der Waals surface area (Å²) < 4.78 is 20.3. The first kappa shape index (κ1) is 23.5. The maximum Gasteiger partial charge on any atom is 0.262 e. The van der Waals surface area contributed by atoms with Crippen molar-refractivity contribution in [1.29, 1.82) is 0 Å². The van der Waals surface area contributed by atoms with Gasteiger partial charge >= 0.3 is 0 Å². The maximum atomic E-state index is 13.2. The molecule has 1 aliphatic heterocycles. The molecule has 0 amide bonds. The van der Waals surface area contributed by atoms with Crippen LogP contribution in [-0.4, -0.2) is 59.2 Å². The van der Waals surface area contributed by atoms with Gasteiger partial charge in [-0.25, -0.2) is 15.0 Å². The van der Waals surface area contributed by atoms with Gasteiger partial charge in [0, 0.05) is 48.9 Å². The summed E-state index contributed by atoms with van der Waals surface area (Å²) in [6, 6.07) is 5.26. The number of fused-ring (bicyclic) bond motifs is 1. The third-order valence-electron chi connectivity index (χ3n) is 6.30. The average molecular weight is 466 g/mol. The Hall–Kier alpha value is -3.62. The van der Waals surface area contributed by atoms with Crippen molar-refractivity contribution in [2.75, 3.05) is 21.3 Å². The fourth-order valence-electron chi connectivity index (χ4n) is 4.32. The molecule has 4 rings (SSSR count). The number of hydrogen-bond donors (Lipinski definition) is 0. The second-order valence-corrected chi connectivity index (χ2v) is 8.70. The fraction of sp³-hybridized carbons (Fsp3) is 0.440. The third-order valence-corrected chi connectivity index (χ3v) is 6.30. The molecule has 0 saturated carbocycles. The van der Waals surface area contributed by atoms with Crippen LogP contribution in [0.25, 0.3) is 16.8 Å². The number of imidazole rings is 1. The first-order valence-electron chi connectivity index (χ1n) is 11.2. The van der Waals surface area contributed by atoms with Crippen molar-refractivity contribution in [1.82, 2.24) is 14.0 Å². The van der Waals surface area contributed by atoms with Gasteiger partial charge in [0.2, 0.25) is 11.8 Å². The lowest BCUT2D eigenvalue weighted by molar-refractivity contribution is 0.332. The lowest BCUT2D eigenvalue weighted by Gasteiger charge is -2.27. The highest BCUT2D eigenvalue weighted by Gasteiger charge is 2.31. The Kier molecular flexibility index (Phi) is 6.45. The van der Waals surface area contributed by atoms with Gasteiger partial charge in [-0.05, 0) is 25.0 Å². The zero-order chi connectivity index (χ0) is 24.6. The van der Waals surface area contributed by atoms with Crippen LogP contribution in [0, 0.1) is 12.8 Å². The molecule has 0 aliphatic carbocycles. The molecule has 0 fully saturated rings. The minimum absolute atomic E-state index is 0.135. The van der Waals surface area contributed by atoms with Crippen LogP contribution in [0.3, 0.4) is 0 Å². The van der Waals surface area contributed by atoms with Gasteiger partial charge in [0.05, 0.1) is 26.9 Å². The fourth-order valence-corrected chi connectivity index (χ4v) is 4.32. The van der Waals surface area contributed by atoms with Gasteiger partial charge in [0.25, 0.3) is 5.56 Å².